The minimum absolute atomic E-state index is 0.0707. The number of nitrogens with one attached hydrogen (secondary N) is 4. The number of rotatable bonds is 6. The number of carbonyl (C=O) groups excluding carboxylic acids is 2. The molecular weight excluding hydrogens is 395 g/mol. The molecule has 2 aromatic carbocycles. The molecule has 0 unspecified atom stereocenters. The maximum Gasteiger partial charge on any atom is 0.282 e. The first-order valence-electron chi connectivity index (χ1n) is 9.71. The van der Waals surface area contributed by atoms with E-state index in [0.717, 1.165) is 26.2 Å². The predicted molar refractivity (Wildman–Crippen MR) is 111 cm³/mol. The molecule has 2 aromatic rings. The number of anilines is 2. The van der Waals surface area contributed by atoms with Crippen LogP contribution in [0, 0.1) is 5.82 Å². The Balaban J connectivity index is 1.44. The third-order valence-corrected chi connectivity index (χ3v) is 5.60. The first kappa shape index (κ1) is 21.2. The summed E-state index contributed by atoms with van der Waals surface area (Å²) in [6.45, 7) is 5.47. The Hall–Kier alpha value is -2.48. The van der Waals surface area contributed by atoms with E-state index in [1.54, 1.807) is 24.3 Å². The summed E-state index contributed by atoms with van der Waals surface area (Å²) in [5, 5.41) is 6.20. The van der Waals surface area contributed by atoms with Crippen LogP contribution in [-0.2, 0) is 9.59 Å². The van der Waals surface area contributed by atoms with Crippen LogP contribution < -0.4 is 20.4 Å². The second kappa shape index (κ2) is 9.82. The highest BCUT2D eigenvalue weighted by atomic mass is 35.5. The topological polar surface area (TPSA) is 67.1 Å². The Morgan fingerprint density at radius 3 is 2.34 bits per heavy atom. The number of piperazine rings is 1. The van der Waals surface area contributed by atoms with Gasteiger partial charge in [-0.1, -0.05) is 23.7 Å². The number of halogens is 2. The van der Waals surface area contributed by atoms with Crippen LogP contribution in [0.1, 0.15) is 6.92 Å². The smallest absolute Gasteiger partial charge is 0.282 e. The molecule has 1 saturated heterocycles. The molecule has 1 atom stereocenters. The maximum atomic E-state index is 13.0. The quantitative estimate of drug-likeness (QED) is 0.540. The lowest BCUT2D eigenvalue weighted by atomic mass is 10.2. The van der Waals surface area contributed by atoms with E-state index in [9.17, 15) is 14.0 Å². The Morgan fingerprint density at radius 1 is 1.03 bits per heavy atom. The highest BCUT2D eigenvalue weighted by Crippen LogP contribution is 2.19. The average molecular weight is 421 g/mol. The first-order chi connectivity index (χ1) is 13.9. The summed E-state index contributed by atoms with van der Waals surface area (Å²) in [6.07, 6.45) is 0. The monoisotopic (exact) mass is 420 g/mol. The van der Waals surface area contributed by atoms with E-state index in [1.165, 1.54) is 21.9 Å². The van der Waals surface area contributed by atoms with Gasteiger partial charge in [0.25, 0.3) is 11.8 Å². The van der Waals surface area contributed by atoms with Gasteiger partial charge in [0.2, 0.25) is 0 Å². The van der Waals surface area contributed by atoms with Crippen molar-refractivity contribution in [3.05, 3.63) is 59.4 Å². The Morgan fingerprint density at radius 2 is 1.69 bits per heavy atom. The molecule has 0 aromatic heterocycles. The Kier molecular flexibility index (Phi) is 7.19. The zero-order valence-corrected chi connectivity index (χ0v) is 17.1. The van der Waals surface area contributed by atoms with E-state index < -0.39 is 0 Å². The van der Waals surface area contributed by atoms with Gasteiger partial charge in [-0.15, -0.1) is 0 Å². The van der Waals surface area contributed by atoms with Gasteiger partial charge >= 0.3 is 0 Å². The van der Waals surface area contributed by atoms with Gasteiger partial charge in [0.1, 0.15) is 32.0 Å². The summed E-state index contributed by atoms with van der Waals surface area (Å²) in [5.74, 6) is -0.496. The van der Waals surface area contributed by atoms with Crippen LogP contribution in [-0.4, -0.2) is 50.6 Å². The highest BCUT2D eigenvalue weighted by molar-refractivity contribution is 6.33. The summed E-state index contributed by atoms with van der Waals surface area (Å²) in [5.41, 5.74) is 1.21. The third-order valence-electron chi connectivity index (χ3n) is 5.28. The third kappa shape index (κ3) is 6.00. The van der Waals surface area contributed by atoms with E-state index in [4.69, 9.17) is 11.6 Å². The van der Waals surface area contributed by atoms with Gasteiger partial charge in [-0.05, 0) is 43.3 Å². The molecule has 0 spiro atoms. The van der Waals surface area contributed by atoms with Crippen LogP contribution in [0.15, 0.2) is 48.5 Å². The number of quaternary nitrogens is 2. The molecule has 1 fully saturated rings. The largest absolute Gasteiger partial charge is 0.321 e. The first-order valence-corrected chi connectivity index (χ1v) is 10.1. The molecule has 0 saturated carbocycles. The molecule has 3 rings (SSSR count). The van der Waals surface area contributed by atoms with Crippen molar-refractivity contribution < 1.29 is 23.8 Å². The fourth-order valence-electron chi connectivity index (χ4n) is 3.49. The van der Waals surface area contributed by atoms with Crippen molar-refractivity contribution >= 4 is 34.8 Å². The van der Waals surface area contributed by atoms with Gasteiger partial charge in [0, 0.05) is 5.69 Å². The normalized spacial score (nSPS) is 20.0. The number of hydrogen-bond donors (Lipinski definition) is 4. The molecule has 1 aliphatic heterocycles. The van der Waals surface area contributed by atoms with E-state index in [1.807, 2.05) is 19.1 Å². The van der Waals surface area contributed by atoms with Crippen LogP contribution in [0.2, 0.25) is 5.02 Å². The summed E-state index contributed by atoms with van der Waals surface area (Å²) < 4.78 is 13.0. The molecule has 0 radical (unpaired) electrons. The molecule has 0 bridgehead atoms. The average Bonchev–Trinajstić information content (AvgIpc) is 2.71. The van der Waals surface area contributed by atoms with Crippen molar-refractivity contribution in [1.82, 2.24) is 0 Å². The highest BCUT2D eigenvalue weighted by Gasteiger charge is 2.31. The van der Waals surface area contributed by atoms with Gasteiger partial charge in [0.05, 0.1) is 10.7 Å². The Bertz CT molecular complexity index is 854. The molecule has 1 heterocycles. The fraction of sp³-hybridized carbons (Fsp3) is 0.333. The molecule has 29 heavy (non-hydrogen) atoms. The maximum absolute atomic E-state index is 13.0. The number of amides is 2. The van der Waals surface area contributed by atoms with Crippen LogP contribution in [0.5, 0.6) is 0 Å². The van der Waals surface area contributed by atoms with Crippen molar-refractivity contribution in [2.75, 3.05) is 43.4 Å². The number of benzene rings is 2. The lowest BCUT2D eigenvalue weighted by Gasteiger charge is -2.32. The zero-order chi connectivity index (χ0) is 20.8. The van der Waals surface area contributed by atoms with Gasteiger partial charge < -0.3 is 20.4 Å². The lowest BCUT2D eigenvalue weighted by Crippen LogP contribution is -3.30. The Labute approximate surface area is 174 Å². The SMILES string of the molecule is C[C@@H](C(=O)Nc1ccc(F)cc1)[NH+]1CC[NH+](CC(=O)Nc2ccccc2Cl)CC1. The van der Waals surface area contributed by atoms with Crippen molar-refractivity contribution in [2.45, 2.75) is 13.0 Å². The number of hydrogen-bond acceptors (Lipinski definition) is 2. The van der Waals surface area contributed by atoms with Crippen molar-refractivity contribution in [3.8, 4) is 0 Å². The number of para-hydroxylation sites is 1. The molecule has 1 aliphatic rings. The zero-order valence-electron chi connectivity index (χ0n) is 16.3. The van der Waals surface area contributed by atoms with Gasteiger partial charge in [0.15, 0.2) is 12.6 Å². The minimum atomic E-state index is -0.334. The molecule has 8 heteroatoms. The molecular formula is C21H26ClFN4O2+2. The molecule has 4 N–H and O–H groups in total. The van der Waals surface area contributed by atoms with Crippen LogP contribution in [0.3, 0.4) is 0 Å². The van der Waals surface area contributed by atoms with Gasteiger partial charge in [-0.3, -0.25) is 9.59 Å². The van der Waals surface area contributed by atoms with Crippen molar-refractivity contribution in [3.63, 3.8) is 0 Å². The van der Waals surface area contributed by atoms with Crippen LogP contribution >= 0.6 is 11.6 Å². The van der Waals surface area contributed by atoms with Gasteiger partial charge in [-0.2, -0.15) is 0 Å². The lowest BCUT2D eigenvalue weighted by molar-refractivity contribution is -1.01. The molecule has 2 amide bonds. The van der Waals surface area contributed by atoms with E-state index in [0.29, 0.717) is 22.9 Å². The second-order valence-electron chi connectivity index (χ2n) is 7.33. The van der Waals surface area contributed by atoms with Crippen LogP contribution in [0.4, 0.5) is 15.8 Å². The van der Waals surface area contributed by atoms with Crippen LogP contribution in [0.25, 0.3) is 0 Å². The van der Waals surface area contributed by atoms with E-state index in [-0.39, 0.29) is 23.7 Å². The molecule has 0 aliphatic carbocycles. The van der Waals surface area contributed by atoms with E-state index >= 15 is 0 Å². The van der Waals surface area contributed by atoms with E-state index in [2.05, 4.69) is 10.6 Å². The van der Waals surface area contributed by atoms with Crippen molar-refractivity contribution in [2.24, 2.45) is 0 Å². The van der Waals surface area contributed by atoms with Gasteiger partial charge in [-0.25, -0.2) is 4.39 Å². The summed E-state index contributed by atoms with van der Waals surface area (Å²) in [4.78, 5) is 27.1. The summed E-state index contributed by atoms with van der Waals surface area (Å²) in [6, 6.07) is 12.7. The molecule has 154 valence electrons. The second-order valence-corrected chi connectivity index (χ2v) is 7.74. The summed E-state index contributed by atoms with van der Waals surface area (Å²) >= 11 is 6.08. The minimum Gasteiger partial charge on any atom is -0.321 e. The molecule has 6 nitrogen and oxygen atoms in total. The fourth-order valence-corrected chi connectivity index (χ4v) is 3.67. The predicted octanol–water partition coefficient (Wildman–Crippen LogP) is 0.228. The number of carbonyl (C=O) groups is 2. The van der Waals surface area contributed by atoms with Crippen molar-refractivity contribution in [1.29, 1.82) is 0 Å². The summed E-state index contributed by atoms with van der Waals surface area (Å²) in [7, 11) is 0. The standard InChI is InChI=1S/C21H24ClFN4O2/c1-15(21(29)24-17-8-6-16(23)7-9-17)27-12-10-26(11-13-27)14-20(28)25-19-5-3-2-4-18(19)22/h2-9,15H,10-14H2,1H3,(H,24,29)(H,25,28)/p+2/t15-/m0/s1.